The summed E-state index contributed by atoms with van der Waals surface area (Å²) in [6.45, 7) is 4.97. The van der Waals surface area contributed by atoms with Crippen molar-refractivity contribution in [3.63, 3.8) is 0 Å². The molecule has 1 aromatic carbocycles. The molecule has 98 valence electrons. The van der Waals surface area contributed by atoms with Crippen molar-refractivity contribution in [1.82, 2.24) is 4.90 Å². The second-order valence-corrected chi connectivity index (χ2v) is 6.12. The summed E-state index contributed by atoms with van der Waals surface area (Å²) in [6.07, 6.45) is 8.15. The Kier molecular flexibility index (Phi) is 3.69. The first kappa shape index (κ1) is 12.2. The van der Waals surface area contributed by atoms with E-state index in [1.807, 2.05) is 0 Å². The summed E-state index contributed by atoms with van der Waals surface area (Å²) < 4.78 is 0. The Balaban J connectivity index is 1.81. The van der Waals surface area contributed by atoms with Gasteiger partial charge in [-0.1, -0.05) is 37.6 Å². The van der Waals surface area contributed by atoms with Gasteiger partial charge in [-0.25, -0.2) is 0 Å². The summed E-state index contributed by atoms with van der Waals surface area (Å²) in [7, 11) is 0. The van der Waals surface area contributed by atoms with E-state index in [0.717, 1.165) is 12.0 Å². The topological polar surface area (TPSA) is 3.24 Å². The maximum Gasteiger partial charge on any atom is 0.0136 e. The molecule has 4 rings (SSSR count). The van der Waals surface area contributed by atoms with E-state index in [-0.39, 0.29) is 0 Å². The van der Waals surface area contributed by atoms with Crippen molar-refractivity contribution in [2.24, 2.45) is 5.92 Å². The predicted octanol–water partition coefficient (Wildman–Crippen LogP) is 3.67. The van der Waals surface area contributed by atoms with Crippen LogP contribution in [0.3, 0.4) is 0 Å². The zero-order chi connectivity index (χ0) is 12.4. The Bertz CT molecular complexity index is 398. The van der Waals surface area contributed by atoms with Crippen LogP contribution >= 0.6 is 0 Å². The second-order valence-electron chi connectivity index (χ2n) is 6.12. The summed E-state index contributed by atoms with van der Waals surface area (Å²) in [5.74, 6) is 0.902. The maximum absolute atomic E-state index is 2.79. The molecule has 1 aliphatic carbocycles. The van der Waals surface area contributed by atoms with Gasteiger partial charge in [-0.15, -0.1) is 0 Å². The van der Waals surface area contributed by atoms with E-state index in [1.165, 1.54) is 51.6 Å². The quantitative estimate of drug-likeness (QED) is 0.783. The number of hydrogen-bond acceptors (Lipinski definition) is 1. The van der Waals surface area contributed by atoms with Gasteiger partial charge in [0.2, 0.25) is 0 Å². The van der Waals surface area contributed by atoms with Crippen LogP contribution in [-0.4, -0.2) is 24.0 Å². The largest absolute Gasteiger partial charge is 0.300 e. The fourth-order valence-corrected chi connectivity index (χ4v) is 3.74. The molecule has 0 amide bonds. The first-order chi connectivity index (χ1) is 8.86. The molecular formula is C17H25N. The van der Waals surface area contributed by atoms with Crippen LogP contribution in [0.5, 0.6) is 0 Å². The van der Waals surface area contributed by atoms with Gasteiger partial charge in [0.25, 0.3) is 0 Å². The Hall–Kier alpha value is -0.820. The van der Waals surface area contributed by atoms with Gasteiger partial charge in [0, 0.05) is 12.6 Å². The van der Waals surface area contributed by atoms with Crippen LogP contribution in [-0.2, 0) is 12.8 Å². The highest BCUT2D eigenvalue weighted by Gasteiger charge is 2.31. The Morgan fingerprint density at radius 3 is 2.67 bits per heavy atom. The Morgan fingerprint density at radius 1 is 1.11 bits per heavy atom. The Morgan fingerprint density at radius 2 is 1.89 bits per heavy atom. The molecule has 2 bridgehead atoms. The summed E-state index contributed by atoms with van der Waals surface area (Å²) in [5, 5.41) is 0. The van der Waals surface area contributed by atoms with Crippen molar-refractivity contribution in [2.75, 3.05) is 13.1 Å². The third-order valence-electron chi connectivity index (χ3n) is 4.80. The van der Waals surface area contributed by atoms with Crippen LogP contribution in [0.1, 0.15) is 43.7 Å². The molecule has 2 atom stereocenters. The minimum absolute atomic E-state index is 0.814. The maximum atomic E-state index is 2.79. The van der Waals surface area contributed by atoms with Crippen LogP contribution < -0.4 is 0 Å². The predicted molar refractivity (Wildman–Crippen MR) is 76.8 cm³/mol. The third-order valence-corrected chi connectivity index (χ3v) is 4.80. The SMILES string of the molecule is CCCCN1C[C@@H]2CC[C@@H]1Cc1ccccc1C2. The molecule has 0 saturated carbocycles. The van der Waals surface area contributed by atoms with Gasteiger partial charge in [-0.3, -0.25) is 4.90 Å². The van der Waals surface area contributed by atoms with Crippen LogP contribution in [0.2, 0.25) is 0 Å². The summed E-state index contributed by atoms with van der Waals surface area (Å²) in [4.78, 5) is 2.79. The van der Waals surface area contributed by atoms with Gasteiger partial charge in [0.15, 0.2) is 0 Å². The normalized spacial score (nSPS) is 27.6. The monoisotopic (exact) mass is 243 g/mol. The molecule has 3 aliphatic rings. The zero-order valence-electron chi connectivity index (χ0n) is 11.6. The molecular weight excluding hydrogens is 218 g/mol. The van der Waals surface area contributed by atoms with Crippen molar-refractivity contribution in [3.05, 3.63) is 35.4 Å². The Labute approximate surface area is 111 Å². The van der Waals surface area contributed by atoms with Crippen LogP contribution in [0, 0.1) is 5.92 Å². The van der Waals surface area contributed by atoms with Crippen LogP contribution in [0.4, 0.5) is 0 Å². The molecule has 0 N–H and O–H groups in total. The third kappa shape index (κ3) is 2.47. The van der Waals surface area contributed by atoms with Crippen LogP contribution in [0.15, 0.2) is 24.3 Å². The average molecular weight is 243 g/mol. The highest BCUT2D eigenvalue weighted by atomic mass is 15.2. The summed E-state index contributed by atoms with van der Waals surface area (Å²) in [6, 6.07) is 9.95. The lowest BCUT2D eigenvalue weighted by atomic mass is 9.80. The summed E-state index contributed by atoms with van der Waals surface area (Å²) in [5.41, 5.74) is 3.25. The van der Waals surface area contributed by atoms with Gasteiger partial charge < -0.3 is 0 Å². The van der Waals surface area contributed by atoms with Crippen molar-refractivity contribution in [3.8, 4) is 0 Å². The molecule has 0 aromatic heterocycles. The van der Waals surface area contributed by atoms with Crippen molar-refractivity contribution in [1.29, 1.82) is 0 Å². The zero-order valence-corrected chi connectivity index (χ0v) is 11.6. The van der Waals surface area contributed by atoms with Gasteiger partial charge in [-0.05, 0) is 55.7 Å². The molecule has 18 heavy (non-hydrogen) atoms. The van der Waals surface area contributed by atoms with E-state index in [2.05, 4.69) is 36.1 Å². The van der Waals surface area contributed by atoms with E-state index in [4.69, 9.17) is 0 Å². The molecule has 1 nitrogen and oxygen atoms in total. The lowest BCUT2D eigenvalue weighted by Crippen LogP contribution is -2.46. The van der Waals surface area contributed by atoms with E-state index >= 15 is 0 Å². The van der Waals surface area contributed by atoms with E-state index in [1.54, 1.807) is 11.1 Å². The lowest BCUT2D eigenvalue weighted by molar-refractivity contribution is 0.0996. The minimum Gasteiger partial charge on any atom is -0.300 e. The highest BCUT2D eigenvalue weighted by molar-refractivity contribution is 5.29. The molecule has 0 radical (unpaired) electrons. The van der Waals surface area contributed by atoms with Gasteiger partial charge >= 0.3 is 0 Å². The fourth-order valence-electron chi connectivity index (χ4n) is 3.74. The molecule has 2 heterocycles. The standard InChI is InChI=1S/C17H25N/c1-2-3-10-18-13-14-8-9-17(18)12-16-7-5-4-6-15(16)11-14/h4-7,14,17H,2-3,8-13H2,1H3/t14-,17-/m1/s1. The number of benzene rings is 1. The number of unbranched alkanes of at least 4 members (excludes halogenated alkanes) is 1. The smallest absolute Gasteiger partial charge is 0.0136 e. The first-order valence-corrected chi connectivity index (χ1v) is 7.67. The molecule has 0 unspecified atom stereocenters. The molecule has 1 heteroatoms. The molecule has 1 aromatic rings. The number of rotatable bonds is 3. The second kappa shape index (κ2) is 5.44. The fraction of sp³-hybridized carbons (Fsp3) is 0.647. The van der Waals surface area contributed by atoms with Crippen molar-refractivity contribution >= 4 is 0 Å². The number of piperidine rings is 1. The van der Waals surface area contributed by atoms with Gasteiger partial charge in [-0.2, -0.15) is 0 Å². The van der Waals surface area contributed by atoms with E-state index in [0.29, 0.717) is 0 Å². The summed E-state index contributed by atoms with van der Waals surface area (Å²) >= 11 is 0. The highest BCUT2D eigenvalue weighted by Crippen LogP contribution is 2.32. The first-order valence-electron chi connectivity index (χ1n) is 7.67. The molecule has 1 saturated heterocycles. The van der Waals surface area contributed by atoms with E-state index in [9.17, 15) is 0 Å². The van der Waals surface area contributed by atoms with Crippen molar-refractivity contribution in [2.45, 2.75) is 51.5 Å². The minimum atomic E-state index is 0.814. The molecule has 2 aliphatic heterocycles. The average Bonchev–Trinajstić information content (AvgIpc) is 2.36. The van der Waals surface area contributed by atoms with E-state index < -0.39 is 0 Å². The number of nitrogens with zero attached hydrogens (tertiary/aromatic N) is 1. The molecule has 1 fully saturated rings. The number of hydrogen-bond donors (Lipinski definition) is 0. The van der Waals surface area contributed by atoms with Crippen molar-refractivity contribution < 1.29 is 0 Å². The van der Waals surface area contributed by atoms with Gasteiger partial charge in [0.05, 0.1) is 0 Å². The van der Waals surface area contributed by atoms with Crippen LogP contribution in [0.25, 0.3) is 0 Å². The lowest BCUT2D eigenvalue weighted by Gasteiger charge is -2.42. The number of fused-ring (bicyclic) bond motifs is 2. The molecule has 0 spiro atoms. The van der Waals surface area contributed by atoms with Gasteiger partial charge in [0.1, 0.15) is 0 Å².